The minimum Gasteiger partial charge on any atom is -0.326 e. The number of likely N-dealkylation sites (N-methyl/N-ethyl adjacent to an activating group) is 1. The summed E-state index contributed by atoms with van der Waals surface area (Å²) in [6.45, 7) is 2.68. The van der Waals surface area contributed by atoms with Crippen molar-refractivity contribution in [1.82, 2.24) is 0 Å². The molecule has 0 radical (unpaired) electrons. The molecule has 0 saturated carbocycles. The number of nitrogens with one attached hydrogen (secondary N) is 2. The molecule has 0 aliphatic heterocycles. The molecule has 0 aliphatic rings. The van der Waals surface area contributed by atoms with Crippen LogP contribution in [0, 0.1) is 24.4 Å². The first-order valence-electron chi connectivity index (χ1n) is 7.17. The largest absolute Gasteiger partial charge is 0.326 e. The number of halogens is 3. The lowest BCUT2D eigenvalue weighted by atomic mass is 10.1. The number of carbonyl (C=O) groups excluding carboxylic acids is 1. The summed E-state index contributed by atoms with van der Waals surface area (Å²) >= 11 is 0. The Morgan fingerprint density at radius 1 is 1.13 bits per heavy atom. The van der Waals surface area contributed by atoms with E-state index in [1.54, 1.807) is 0 Å². The van der Waals surface area contributed by atoms with Crippen molar-refractivity contribution >= 4 is 11.6 Å². The molecular formula is C17H18F3N2O+. The molecule has 1 atom stereocenters. The number of amides is 1. The van der Waals surface area contributed by atoms with Crippen LogP contribution in [0.2, 0.25) is 0 Å². The zero-order valence-corrected chi connectivity index (χ0v) is 12.9. The third-order valence-electron chi connectivity index (χ3n) is 3.36. The topological polar surface area (TPSA) is 33.5 Å². The van der Waals surface area contributed by atoms with E-state index in [2.05, 4.69) is 5.32 Å². The minimum atomic E-state index is -1.59. The van der Waals surface area contributed by atoms with Crippen molar-refractivity contribution in [3.05, 3.63) is 65.0 Å². The maximum atomic E-state index is 13.5. The quantitative estimate of drug-likeness (QED) is 0.812. The van der Waals surface area contributed by atoms with Gasteiger partial charge in [-0.25, -0.2) is 13.2 Å². The van der Waals surface area contributed by atoms with Crippen molar-refractivity contribution in [3.63, 3.8) is 0 Å². The Morgan fingerprint density at radius 2 is 1.87 bits per heavy atom. The summed E-state index contributed by atoms with van der Waals surface area (Å²) in [5, 5.41) is 2.26. The summed E-state index contributed by atoms with van der Waals surface area (Å²) in [4.78, 5) is 12.8. The average molecular weight is 323 g/mol. The van der Waals surface area contributed by atoms with Crippen molar-refractivity contribution in [2.45, 2.75) is 13.5 Å². The van der Waals surface area contributed by atoms with Gasteiger partial charge in [-0.15, -0.1) is 0 Å². The number of quaternary nitrogens is 1. The van der Waals surface area contributed by atoms with E-state index in [1.807, 2.05) is 38.2 Å². The van der Waals surface area contributed by atoms with Gasteiger partial charge < -0.3 is 10.2 Å². The van der Waals surface area contributed by atoms with E-state index in [9.17, 15) is 18.0 Å². The second kappa shape index (κ2) is 7.28. The predicted molar refractivity (Wildman–Crippen MR) is 81.6 cm³/mol. The van der Waals surface area contributed by atoms with Gasteiger partial charge in [-0.2, -0.15) is 0 Å². The van der Waals surface area contributed by atoms with Crippen LogP contribution in [0.4, 0.5) is 18.9 Å². The van der Waals surface area contributed by atoms with Gasteiger partial charge in [-0.1, -0.05) is 29.8 Å². The van der Waals surface area contributed by atoms with Crippen LogP contribution in [-0.2, 0) is 11.3 Å². The molecule has 0 bridgehead atoms. The molecule has 0 aromatic heterocycles. The standard InChI is InChI=1S/C17H17F3N2O/c1-11-4-3-5-12(8-11)9-22(2)10-15(23)21-14-7-6-13(18)16(19)17(14)20/h3-8H,9-10H2,1-2H3,(H,21,23)/p+1. The van der Waals surface area contributed by atoms with Crippen LogP contribution in [0.3, 0.4) is 0 Å². The van der Waals surface area contributed by atoms with E-state index >= 15 is 0 Å². The molecule has 6 heteroatoms. The van der Waals surface area contributed by atoms with Gasteiger partial charge in [0.1, 0.15) is 6.54 Å². The molecule has 0 fully saturated rings. The van der Waals surface area contributed by atoms with Crippen molar-refractivity contribution in [1.29, 1.82) is 0 Å². The summed E-state index contributed by atoms with van der Waals surface area (Å²) in [6, 6.07) is 9.69. The van der Waals surface area contributed by atoms with Crippen molar-refractivity contribution in [2.75, 3.05) is 18.9 Å². The molecule has 2 aromatic carbocycles. The lowest BCUT2D eigenvalue weighted by molar-refractivity contribution is -0.885. The molecule has 0 aliphatic carbocycles. The smallest absolute Gasteiger partial charge is 0.279 e. The second-order valence-corrected chi connectivity index (χ2v) is 5.57. The Morgan fingerprint density at radius 3 is 2.57 bits per heavy atom. The number of hydrogen-bond donors (Lipinski definition) is 2. The Kier molecular flexibility index (Phi) is 5.39. The molecule has 3 nitrogen and oxygen atoms in total. The van der Waals surface area contributed by atoms with Gasteiger partial charge in [0.2, 0.25) is 0 Å². The molecule has 0 heterocycles. The van der Waals surface area contributed by atoms with Gasteiger partial charge in [-0.05, 0) is 19.1 Å². The summed E-state index contributed by atoms with van der Waals surface area (Å²) in [6.07, 6.45) is 0. The van der Waals surface area contributed by atoms with Crippen molar-refractivity contribution < 1.29 is 22.9 Å². The molecule has 1 unspecified atom stereocenters. The van der Waals surface area contributed by atoms with Gasteiger partial charge in [0, 0.05) is 5.56 Å². The molecule has 2 aromatic rings. The molecule has 1 amide bonds. The van der Waals surface area contributed by atoms with Crippen LogP contribution in [0.15, 0.2) is 36.4 Å². The van der Waals surface area contributed by atoms with Gasteiger partial charge in [0.25, 0.3) is 5.91 Å². The summed E-state index contributed by atoms with van der Waals surface area (Å²) in [5.41, 5.74) is 1.84. The first-order chi connectivity index (χ1) is 10.9. The maximum absolute atomic E-state index is 13.5. The predicted octanol–water partition coefficient (Wildman–Crippen LogP) is 2.07. The van der Waals surface area contributed by atoms with E-state index in [-0.39, 0.29) is 12.2 Å². The highest BCUT2D eigenvalue weighted by Gasteiger charge is 2.17. The summed E-state index contributed by atoms with van der Waals surface area (Å²) < 4.78 is 39.5. The maximum Gasteiger partial charge on any atom is 0.279 e. The van der Waals surface area contributed by atoms with Crippen molar-refractivity contribution in [3.8, 4) is 0 Å². The van der Waals surface area contributed by atoms with Gasteiger partial charge in [-0.3, -0.25) is 4.79 Å². The van der Waals surface area contributed by atoms with Crippen LogP contribution in [0.25, 0.3) is 0 Å². The highest BCUT2D eigenvalue weighted by molar-refractivity contribution is 5.91. The fourth-order valence-electron chi connectivity index (χ4n) is 2.32. The number of carbonyl (C=O) groups is 1. The monoisotopic (exact) mass is 323 g/mol. The SMILES string of the molecule is Cc1cccc(C[NH+](C)CC(=O)Nc2ccc(F)c(F)c2F)c1. The van der Waals surface area contributed by atoms with E-state index < -0.39 is 23.4 Å². The molecule has 122 valence electrons. The zero-order chi connectivity index (χ0) is 17.0. The summed E-state index contributed by atoms with van der Waals surface area (Å²) in [7, 11) is 1.82. The molecule has 2 N–H and O–H groups in total. The first kappa shape index (κ1) is 17.0. The lowest BCUT2D eigenvalue weighted by Gasteiger charge is -2.14. The highest BCUT2D eigenvalue weighted by Crippen LogP contribution is 2.19. The van der Waals surface area contributed by atoms with E-state index in [0.29, 0.717) is 6.54 Å². The second-order valence-electron chi connectivity index (χ2n) is 5.57. The van der Waals surface area contributed by atoms with Crippen LogP contribution in [0.1, 0.15) is 11.1 Å². The normalized spacial score (nSPS) is 12.0. The molecule has 0 saturated heterocycles. The number of benzene rings is 2. The number of anilines is 1. The van der Waals surface area contributed by atoms with Gasteiger partial charge >= 0.3 is 0 Å². The van der Waals surface area contributed by atoms with Crippen LogP contribution in [-0.4, -0.2) is 19.5 Å². The van der Waals surface area contributed by atoms with Gasteiger partial charge in [0.05, 0.1) is 12.7 Å². The van der Waals surface area contributed by atoms with Crippen LogP contribution < -0.4 is 10.2 Å². The Bertz CT molecular complexity index is 719. The van der Waals surface area contributed by atoms with Gasteiger partial charge in [0.15, 0.2) is 24.0 Å². The Balaban J connectivity index is 1.95. The molecule has 23 heavy (non-hydrogen) atoms. The first-order valence-corrected chi connectivity index (χ1v) is 7.17. The zero-order valence-electron chi connectivity index (χ0n) is 12.9. The van der Waals surface area contributed by atoms with E-state index in [0.717, 1.165) is 28.2 Å². The molecular weight excluding hydrogens is 305 g/mol. The Hall–Kier alpha value is -2.34. The molecule has 2 rings (SSSR count). The minimum absolute atomic E-state index is 0.0758. The molecule has 0 spiro atoms. The average Bonchev–Trinajstić information content (AvgIpc) is 2.47. The third-order valence-corrected chi connectivity index (χ3v) is 3.36. The van der Waals surface area contributed by atoms with Crippen molar-refractivity contribution in [2.24, 2.45) is 0 Å². The summed E-state index contributed by atoms with van der Waals surface area (Å²) in [5.74, 6) is -4.75. The van der Waals surface area contributed by atoms with Crippen LogP contribution >= 0.6 is 0 Å². The number of hydrogen-bond acceptors (Lipinski definition) is 1. The number of aryl methyl sites for hydroxylation is 1. The Labute approximate surface area is 132 Å². The van der Waals surface area contributed by atoms with E-state index in [1.165, 1.54) is 0 Å². The fraction of sp³-hybridized carbons (Fsp3) is 0.235. The number of rotatable bonds is 5. The third kappa shape index (κ3) is 4.56. The highest BCUT2D eigenvalue weighted by atomic mass is 19.2. The van der Waals surface area contributed by atoms with Crippen LogP contribution in [0.5, 0.6) is 0 Å². The fourth-order valence-corrected chi connectivity index (χ4v) is 2.32. The lowest BCUT2D eigenvalue weighted by Crippen LogP contribution is -3.08. The van der Waals surface area contributed by atoms with E-state index in [4.69, 9.17) is 0 Å².